The zero-order valence-electron chi connectivity index (χ0n) is 15.7. The molecule has 0 N–H and O–H groups in total. The third-order valence-electron chi connectivity index (χ3n) is 6.11. The second kappa shape index (κ2) is 8.80. The minimum absolute atomic E-state index is 0. The Bertz CT molecular complexity index is 879. The number of rotatable bonds is 5. The average Bonchev–Trinajstić information content (AvgIpc) is 3.33. The molecule has 1 fully saturated rings. The Morgan fingerprint density at radius 2 is 1.41 bits per heavy atom. The van der Waals surface area contributed by atoms with Crippen LogP contribution in [0.2, 0.25) is 8.35 Å². The Morgan fingerprint density at radius 1 is 0.815 bits per heavy atom. The molecule has 1 aliphatic heterocycles. The number of allylic oxidation sites excluding steroid dienone is 2. The molecule has 0 bridgehead atoms. The molecule has 0 nitrogen and oxygen atoms in total. The molecule has 27 heavy (non-hydrogen) atoms. The summed E-state index contributed by atoms with van der Waals surface area (Å²) < 4.78 is 5.13. The molecule has 1 saturated heterocycles. The molecule has 2 aromatic carbocycles. The van der Waals surface area contributed by atoms with Gasteiger partial charge in [0.2, 0.25) is 0 Å². The normalized spacial score (nSPS) is 21.4. The topological polar surface area (TPSA) is 0 Å². The molecule has 0 aromatic heterocycles. The molecule has 139 valence electrons. The van der Waals surface area contributed by atoms with E-state index in [1.165, 1.54) is 30.4 Å². The Balaban J connectivity index is 0.00000105. The van der Waals surface area contributed by atoms with Crippen LogP contribution >= 0.6 is 0 Å². The van der Waals surface area contributed by atoms with Gasteiger partial charge in [-0.15, -0.1) is 0 Å². The fraction of sp³-hybridized carbons (Fsp3) is 0.333. The monoisotopic (exact) mass is 563 g/mol. The summed E-state index contributed by atoms with van der Waals surface area (Å²) in [5.74, 6) is 1.27. The van der Waals surface area contributed by atoms with E-state index in [1.807, 2.05) is 3.33 Å². The molecular formula is C24H25Cl2Hf. The van der Waals surface area contributed by atoms with Crippen molar-refractivity contribution in [1.82, 2.24) is 0 Å². The van der Waals surface area contributed by atoms with Crippen LogP contribution in [0.15, 0.2) is 57.4 Å². The third-order valence-corrected chi connectivity index (χ3v) is 14.3. The van der Waals surface area contributed by atoms with Gasteiger partial charge < -0.3 is 24.8 Å². The van der Waals surface area contributed by atoms with E-state index in [0.29, 0.717) is 11.8 Å². The quantitative estimate of drug-likeness (QED) is 0.477. The predicted octanol–water partition coefficient (Wildman–Crippen LogP) is 0.972. The molecular weight excluding hydrogens is 538 g/mol. The first-order valence-corrected chi connectivity index (χ1v) is 16.7. The molecule has 0 radical (unpaired) electrons. The first-order chi connectivity index (χ1) is 12.4. The van der Waals surface area contributed by atoms with Gasteiger partial charge in [-0.1, -0.05) is 0 Å². The summed E-state index contributed by atoms with van der Waals surface area (Å²) in [6, 6.07) is 18.4. The van der Waals surface area contributed by atoms with E-state index in [-0.39, 0.29) is 24.8 Å². The molecule has 0 spiro atoms. The molecule has 2 unspecified atom stereocenters. The maximum absolute atomic E-state index is 2.62. The molecule has 3 aliphatic rings. The van der Waals surface area contributed by atoms with Crippen molar-refractivity contribution in [2.75, 3.05) is 0 Å². The van der Waals surface area contributed by atoms with Gasteiger partial charge in [0.25, 0.3) is 0 Å². The number of hydrogen-bond acceptors (Lipinski definition) is 0. The third kappa shape index (κ3) is 3.80. The van der Waals surface area contributed by atoms with Gasteiger partial charge in [0.15, 0.2) is 0 Å². The molecule has 3 heteroatoms. The standard InChI is InChI=1S/C22H21.C2H4.2ClH.Hf/c1-2-3-8-18-15-17-10-5-7-12-20(17)22(18)21-14-13-16-9-4-6-11-19(16)21;1-2;;;/h4-7,9-13,15,21-22H,2-3,8H2,1H3;1-2H2;2*1H;/q;;;;+2/p-2. The van der Waals surface area contributed by atoms with Crippen molar-refractivity contribution < 1.29 is 46.3 Å². The second-order valence-electron chi connectivity index (χ2n) is 7.74. The maximum atomic E-state index is 2.62. The predicted molar refractivity (Wildman–Crippen MR) is 103 cm³/mol. The van der Waals surface area contributed by atoms with Crippen LogP contribution in [-0.4, -0.2) is 0 Å². The molecule has 0 amide bonds. The van der Waals surface area contributed by atoms with Crippen molar-refractivity contribution in [3.8, 4) is 0 Å². The molecule has 2 aromatic rings. The second-order valence-corrected chi connectivity index (χ2v) is 17.7. The van der Waals surface area contributed by atoms with Crippen LogP contribution in [-0.2, 0) is 21.4 Å². The van der Waals surface area contributed by atoms with Gasteiger partial charge in [0.05, 0.1) is 0 Å². The Hall–Kier alpha value is -0.630. The average molecular weight is 563 g/mol. The van der Waals surface area contributed by atoms with Crippen molar-refractivity contribution in [3.63, 3.8) is 0 Å². The molecule has 5 rings (SSSR count). The molecule has 0 saturated carbocycles. The van der Waals surface area contributed by atoms with Gasteiger partial charge in [-0.3, -0.25) is 0 Å². The van der Waals surface area contributed by atoms with Gasteiger partial charge in [-0.2, -0.15) is 0 Å². The van der Waals surface area contributed by atoms with Crippen molar-refractivity contribution >= 4 is 12.2 Å². The zero-order valence-corrected chi connectivity index (χ0v) is 20.8. The molecule has 1 heterocycles. The van der Waals surface area contributed by atoms with Crippen molar-refractivity contribution in [1.29, 1.82) is 0 Å². The van der Waals surface area contributed by atoms with Gasteiger partial charge in [-0.05, 0) is 0 Å². The Morgan fingerprint density at radius 3 is 2.04 bits per heavy atom. The summed E-state index contributed by atoms with van der Waals surface area (Å²) in [6.45, 7) is 2.31. The van der Waals surface area contributed by atoms with Crippen LogP contribution in [0.1, 0.15) is 60.3 Å². The van der Waals surface area contributed by atoms with Gasteiger partial charge >= 0.3 is 160 Å². The SMILES string of the molecule is CCCCC1=Cc2ccccc2C1C1[C]([Hf+2]2[CH2][CH2]2)=Cc2ccccc21.[Cl-].[Cl-]. The zero-order chi connectivity index (χ0) is 16.8. The first-order valence-electron chi connectivity index (χ1n) is 9.82. The van der Waals surface area contributed by atoms with Gasteiger partial charge in [-0.25, -0.2) is 0 Å². The number of halogens is 2. The van der Waals surface area contributed by atoms with Crippen LogP contribution < -0.4 is 24.8 Å². The summed E-state index contributed by atoms with van der Waals surface area (Å²) in [5, 5.41) is 0. The van der Waals surface area contributed by atoms with E-state index in [4.69, 9.17) is 0 Å². The smallest absolute Gasteiger partial charge is 1.00 e. The Kier molecular flexibility index (Phi) is 6.88. The van der Waals surface area contributed by atoms with E-state index in [0.717, 1.165) is 0 Å². The minimum atomic E-state index is -1.38. The number of fused-ring (bicyclic) bond motifs is 2. The summed E-state index contributed by atoms with van der Waals surface area (Å²) in [6.07, 6.45) is 9.01. The van der Waals surface area contributed by atoms with Crippen molar-refractivity contribution in [2.45, 2.75) is 46.4 Å². The van der Waals surface area contributed by atoms with Crippen LogP contribution in [0, 0.1) is 0 Å². The van der Waals surface area contributed by atoms with Crippen molar-refractivity contribution in [2.24, 2.45) is 0 Å². The summed E-state index contributed by atoms with van der Waals surface area (Å²) >= 11 is -1.38. The van der Waals surface area contributed by atoms with E-state index >= 15 is 0 Å². The van der Waals surface area contributed by atoms with Crippen LogP contribution in [0.25, 0.3) is 12.2 Å². The summed E-state index contributed by atoms with van der Waals surface area (Å²) in [7, 11) is 0. The van der Waals surface area contributed by atoms with Gasteiger partial charge in [0, 0.05) is 0 Å². The van der Waals surface area contributed by atoms with Crippen molar-refractivity contribution in [3.05, 3.63) is 79.7 Å². The first kappa shape index (κ1) is 21.1. The Labute approximate surface area is 183 Å². The summed E-state index contributed by atoms with van der Waals surface area (Å²) in [4.78, 5) is 0. The molecule has 2 aliphatic carbocycles. The largest absolute Gasteiger partial charge is 1.00 e. The van der Waals surface area contributed by atoms with Crippen LogP contribution in [0.4, 0.5) is 0 Å². The van der Waals surface area contributed by atoms with E-state index in [1.54, 1.807) is 25.1 Å². The van der Waals surface area contributed by atoms with Crippen LogP contribution in [0.5, 0.6) is 0 Å². The summed E-state index contributed by atoms with van der Waals surface area (Å²) in [5.41, 5.74) is 7.91. The van der Waals surface area contributed by atoms with E-state index < -0.39 is 21.4 Å². The van der Waals surface area contributed by atoms with E-state index in [9.17, 15) is 0 Å². The number of benzene rings is 2. The molecule has 2 atom stereocenters. The maximum Gasteiger partial charge on any atom is -1.00 e. The van der Waals surface area contributed by atoms with Gasteiger partial charge in [0.1, 0.15) is 0 Å². The van der Waals surface area contributed by atoms with Crippen LogP contribution in [0.3, 0.4) is 0 Å². The minimum Gasteiger partial charge on any atom is -1.00 e. The van der Waals surface area contributed by atoms with E-state index in [2.05, 4.69) is 67.6 Å². The fourth-order valence-electron chi connectivity index (χ4n) is 4.80. The number of unbranched alkanes of at least 4 members (excludes halogenated alkanes) is 1. The number of hydrogen-bond donors (Lipinski definition) is 0. The fourth-order valence-corrected chi connectivity index (χ4v) is 15.0.